The quantitative estimate of drug-likeness (QED) is 0.264. The number of aromatic nitrogens is 2. The van der Waals surface area contributed by atoms with E-state index in [1.54, 1.807) is 16.7 Å². The molecule has 5 aromatic rings. The van der Waals surface area contributed by atoms with Crippen LogP contribution in [0, 0.1) is 6.92 Å². The van der Waals surface area contributed by atoms with Gasteiger partial charge in [-0.25, -0.2) is 14.6 Å². The summed E-state index contributed by atoms with van der Waals surface area (Å²) in [7, 11) is 0. The van der Waals surface area contributed by atoms with Crippen LogP contribution in [0.15, 0.2) is 76.2 Å². The number of esters is 1. The zero-order chi connectivity index (χ0) is 20.0. The molecular formula is C23H16N2O4. The summed E-state index contributed by atoms with van der Waals surface area (Å²) in [6.07, 6.45) is 3.47. The molecule has 0 N–H and O–H groups in total. The van der Waals surface area contributed by atoms with Crippen molar-refractivity contribution in [2.75, 3.05) is 0 Å². The van der Waals surface area contributed by atoms with Gasteiger partial charge in [-0.2, -0.15) is 0 Å². The summed E-state index contributed by atoms with van der Waals surface area (Å²) in [5.74, 6) is -0.548. The SMILES string of the molecule is Cc1ccn2cc(C(=O)OCc3cc(=O)oc4ccc5ccccc5c34)nc2c1. The smallest absolute Gasteiger partial charge is 0.358 e. The molecule has 29 heavy (non-hydrogen) atoms. The number of carbonyl (C=O) groups is 1. The Kier molecular flexibility index (Phi) is 3.91. The number of fused-ring (bicyclic) bond motifs is 4. The Bertz CT molecular complexity index is 1460. The number of hydrogen-bond donors (Lipinski definition) is 0. The zero-order valence-corrected chi connectivity index (χ0v) is 15.6. The largest absolute Gasteiger partial charge is 0.456 e. The lowest BCUT2D eigenvalue weighted by molar-refractivity contribution is 0.0467. The fraction of sp³-hybridized carbons (Fsp3) is 0.0870. The lowest BCUT2D eigenvalue weighted by Crippen LogP contribution is -2.08. The summed E-state index contributed by atoms with van der Waals surface area (Å²) in [5.41, 5.74) is 2.52. The Morgan fingerprint density at radius 3 is 2.90 bits per heavy atom. The average Bonchev–Trinajstić information content (AvgIpc) is 3.14. The molecule has 0 aliphatic carbocycles. The van der Waals surface area contributed by atoms with Crippen LogP contribution in [0.25, 0.3) is 27.4 Å². The van der Waals surface area contributed by atoms with Crippen molar-refractivity contribution in [1.29, 1.82) is 0 Å². The average molecular weight is 384 g/mol. The van der Waals surface area contributed by atoms with Crippen molar-refractivity contribution < 1.29 is 13.9 Å². The van der Waals surface area contributed by atoms with Gasteiger partial charge in [0.25, 0.3) is 0 Å². The van der Waals surface area contributed by atoms with Gasteiger partial charge < -0.3 is 13.6 Å². The molecule has 0 amide bonds. The van der Waals surface area contributed by atoms with Crippen molar-refractivity contribution in [1.82, 2.24) is 9.38 Å². The van der Waals surface area contributed by atoms with E-state index in [0.29, 0.717) is 16.8 Å². The monoisotopic (exact) mass is 384 g/mol. The third-order valence-electron chi connectivity index (χ3n) is 4.90. The van der Waals surface area contributed by atoms with Crippen molar-refractivity contribution in [2.45, 2.75) is 13.5 Å². The molecule has 0 spiro atoms. The minimum atomic E-state index is -0.548. The van der Waals surface area contributed by atoms with E-state index >= 15 is 0 Å². The molecule has 0 atom stereocenters. The number of nitrogens with zero attached hydrogens (tertiary/aromatic N) is 2. The minimum absolute atomic E-state index is 0.0537. The van der Waals surface area contributed by atoms with Crippen molar-refractivity contribution in [3.05, 3.63) is 94.2 Å². The third-order valence-corrected chi connectivity index (χ3v) is 4.90. The summed E-state index contributed by atoms with van der Waals surface area (Å²) in [6.45, 7) is 1.91. The van der Waals surface area contributed by atoms with E-state index in [4.69, 9.17) is 9.15 Å². The van der Waals surface area contributed by atoms with Gasteiger partial charge in [-0.3, -0.25) is 0 Å². The van der Waals surface area contributed by atoms with Gasteiger partial charge in [0.1, 0.15) is 17.8 Å². The summed E-state index contributed by atoms with van der Waals surface area (Å²) in [4.78, 5) is 28.9. The van der Waals surface area contributed by atoms with E-state index in [2.05, 4.69) is 4.98 Å². The van der Waals surface area contributed by atoms with Crippen LogP contribution in [0.5, 0.6) is 0 Å². The van der Waals surface area contributed by atoms with Crippen molar-refractivity contribution >= 4 is 33.4 Å². The van der Waals surface area contributed by atoms with Gasteiger partial charge in [0.2, 0.25) is 0 Å². The molecule has 142 valence electrons. The van der Waals surface area contributed by atoms with Gasteiger partial charge >= 0.3 is 11.6 Å². The Balaban J connectivity index is 1.51. The van der Waals surface area contributed by atoms with E-state index in [-0.39, 0.29) is 12.3 Å². The highest BCUT2D eigenvalue weighted by atomic mass is 16.5. The van der Waals surface area contributed by atoms with Crippen LogP contribution in [0.2, 0.25) is 0 Å². The number of benzene rings is 2. The van der Waals surface area contributed by atoms with E-state index in [0.717, 1.165) is 21.7 Å². The van der Waals surface area contributed by atoms with Crippen LogP contribution in [-0.4, -0.2) is 15.4 Å². The first-order valence-corrected chi connectivity index (χ1v) is 9.15. The van der Waals surface area contributed by atoms with E-state index in [1.807, 2.05) is 55.6 Å². The standard InChI is InChI=1S/C23H16N2O4/c1-14-8-9-25-12-18(24-20(25)10-14)23(27)28-13-16-11-21(26)29-19-7-6-15-4-2-3-5-17(15)22(16)19/h2-12H,13H2,1H3. The molecule has 0 fully saturated rings. The molecule has 0 saturated heterocycles. The molecule has 6 heteroatoms. The Hall–Kier alpha value is -3.93. The highest BCUT2D eigenvalue weighted by Gasteiger charge is 2.15. The Morgan fingerprint density at radius 2 is 2.00 bits per heavy atom. The van der Waals surface area contributed by atoms with Crippen molar-refractivity contribution in [2.24, 2.45) is 0 Å². The van der Waals surface area contributed by atoms with Gasteiger partial charge in [0.05, 0.1) is 0 Å². The topological polar surface area (TPSA) is 73.8 Å². The van der Waals surface area contributed by atoms with Gasteiger partial charge in [-0.15, -0.1) is 0 Å². The number of hydrogen-bond acceptors (Lipinski definition) is 5. The summed E-state index contributed by atoms with van der Waals surface area (Å²) in [6, 6.07) is 16.6. The van der Waals surface area contributed by atoms with Crippen LogP contribution in [0.4, 0.5) is 0 Å². The van der Waals surface area contributed by atoms with Crippen LogP contribution in [0.1, 0.15) is 21.6 Å². The van der Waals surface area contributed by atoms with Crippen molar-refractivity contribution in [3.8, 4) is 0 Å². The molecule has 0 unspecified atom stereocenters. The molecule has 0 bridgehead atoms. The number of imidazole rings is 1. The number of rotatable bonds is 3. The lowest BCUT2D eigenvalue weighted by Gasteiger charge is -2.09. The first-order chi connectivity index (χ1) is 14.1. The van der Waals surface area contributed by atoms with Crippen LogP contribution < -0.4 is 5.63 Å². The summed E-state index contributed by atoms with van der Waals surface area (Å²) in [5, 5.41) is 2.71. The van der Waals surface area contributed by atoms with E-state index < -0.39 is 11.6 Å². The molecule has 6 nitrogen and oxygen atoms in total. The highest BCUT2D eigenvalue weighted by molar-refractivity contribution is 6.07. The molecule has 3 heterocycles. The first kappa shape index (κ1) is 17.2. The second-order valence-corrected chi connectivity index (χ2v) is 6.92. The van der Waals surface area contributed by atoms with Crippen molar-refractivity contribution in [3.63, 3.8) is 0 Å². The maximum atomic E-state index is 12.6. The predicted molar refractivity (Wildman–Crippen MR) is 109 cm³/mol. The highest BCUT2D eigenvalue weighted by Crippen LogP contribution is 2.27. The van der Waals surface area contributed by atoms with Crippen LogP contribution in [0.3, 0.4) is 0 Å². The fourth-order valence-electron chi connectivity index (χ4n) is 3.53. The van der Waals surface area contributed by atoms with Gasteiger partial charge in [-0.1, -0.05) is 30.3 Å². The maximum Gasteiger partial charge on any atom is 0.358 e. The van der Waals surface area contributed by atoms with E-state index in [1.165, 1.54) is 6.07 Å². The normalized spacial score (nSPS) is 11.3. The summed E-state index contributed by atoms with van der Waals surface area (Å²) < 4.78 is 12.6. The Morgan fingerprint density at radius 1 is 1.14 bits per heavy atom. The van der Waals surface area contributed by atoms with Gasteiger partial charge in [0, 0.05) is 29.4 Å². The molecule has 0 saturated carbocycles. The van der Waals surface area contributed by atoms with E-state index in [9.17, 15) is 9.59 Å². The van der Waals surface area contributed by atoms with Crippen LogP contribution in [-0.2, 0) is 11.3 Å². The molecule has 5 rings (SSSR count). The third kappa shape index (κ3) is 3.04. The second kappa shape index (κ2) is 6.60. The number of ether oxygens (including phenoxy) is 1. The molecule has 0 aliphatic rings. The second-order valence-electron chi connectivity index (χ2n) is 6.92. The first-order valence-electron chi connectivity index (χ1n) is 9.15. The maximum absolute atomic E-state index is 12.6. The Labute approximate surface area is 165 Å². The van der Waals surface area contributed by atoms with Crippen LogP contribution >= 0.6 is 0 Å². The summed E-state index contributed by atoms with van der Waals surface area (Å²) >= 11 is 0. The molecule has 0 aliphatic heterocycles. The molecular weight excluding hydrogens is 368 g/mol. The zero-order valence-electron chi connectivity index (χ0n) is 15.6. The number of pyridine rings is 1. The lowest BCUT2D eigenvalue weighted by atomic mass is 10.0. The predicted octanol–water partition coefficient (Wildman–Crippen LogP) is 4.26. The fourth-order valence-corrected chi connectivity index (χ4v) is 3.53. The van der Waals surface area contributed by atoms with Gasteiger partial charge in [0.15, 0.2) is 5.69 Å². The molecule has 3 aromatic heterocycles. The number of carbonyl (C=O) groups excluding carboxylic acids is 1. The minimum Gasteiger partial charge on any atom is -0.456 e. The van der Waals surface area contributed by atoms with Gasteiger partial charge in [-0.05, 0) is 41.5 Å². The number of aryl methyl sites for hydroxylation is 1. The molecule has 2 aromatic carbocycles. The molecule has 0 radical (unpaired) electrons.